The van der Waals surface area contributed by atoms with Gasteiger partial charge in [0.05, 0.1) is 11.2 Å². The average molecular weight is 311 g/mol. The van der Waals surface area contributed by atoms with Crippen molar-refractivity contribution in [1.82, 2.24) is 4.31 Å². The van der Waals surface area contributed by atoms with Gasteiger partial charge < -0.3 is 5.11 Å². The topological polar surface area (TPSA) is 74.7 Å². The molecular weight excluding hydrogens is 290 g/mol. The van der Waals surface area contributed by atoms with Crippen LogP contribution in [0.4, 0.5) is 0 Å². The lowest BCUT2D eigenvalue weighted by Crippen LogP contribution is -2.41. The Morgan fingerprint density at radius 1 is 1.29 bits per heavy atom. The highest BCUT2D eigenvalue weighted by Gasteiger charge is 2.44. The first-order valence-electron chi connectivity index (χ1n) is 7.10. The van der Waals surface area contributed by atoms with Crippen molar-refractivity contribution in [3.05, 3.63) is 35.9 Å². The fourth-order valence-electron chi connectivity index (χ4n) is 2.94. The minimum absolute atomic E-state index is 0.314. The van der Waals surface area contributed by atoms with Crippen LogP contribution in [0.15, 0.2) is 30.3 Å². The van der Waals surface area contributed by atoms with E-state index in [-0.39, 0.29) is 6.04 Å². The Labute approximate surface area is 125 Å². The number of carboxylic acids is 1. The van der Waals surface area contributed by atoms with E-state index in [2.05, 4.69) is 0 Å². The number of benzene rings is 1. The van der Waals surface area contributed by atoms with Gasteiger partial charge in [-0.2, -0.15) is 4.31 Å². The van der Waals surface area contributed by atoms with Crippen LogP contribution in [-0.2, 0) is 14.8 Å². The van der Waals surface area contributed by atoms with Gasteiger partial charge in [-0.1, -0.05) is 36.8 Å². The molecule has 116 valence electrons. The molecule has 1 aliphatic carbocycles. The fraction of sp³-hybridized carbons (Fsp3) is 0.533. The maximum absolute atomic E-state index is 12.7. The van der Waals surface area contributed by atoms with Crippen LogP contribution < -0.4 is 0 Å². The quantitative estimate of drug-likeness (QED) is 0.905. The van der Waals surface area contributed by atoms with Crippen molar-refractivity contribution < 1.29 is 18.3 Å². The molecule has 3 atom stereocenters. The molecule has 2 rings (SSSR count). The molecule has 21 heavy (non-hydrogen) atoms. The van der Waals surface area contributed by atoms with E-state index in [1.54, 1.807) is 0 Å². The molecule has 0 radical (unpaired) electrons. The van der Waals surface area contributed by atoms with Gasteiger partial charge in [0.1, 0.15) is 0 Å². The maximum Gasteiger partial charge on any atom is 0.307 e. The zero-order valence-electron chi connectivity index (χ0n) is 12.3. The van der Waals surface area contributed by atoms with Gasteiger partial charge in [-0.25, -0.2) is 8.42 Å². The van der Waals surface area contributed by atoms with E-state index in [4.69, 9.17) is 0 Å². The number of hydrogen-bond acceptors (Lipinski definition) is 3. The van der Waals surface area contributed by atoms with E-state index >= 15 is 0 Å². The van der Waals surface area contributed by atoms with Crippen LogP contribution in [0.3, 0.4) is 0 Å². The monoisotopic (exact) mass is 311 g/mol. The van der Waals surface area contributed by atoms with E-state index in [9.17, 15) is 18.3 Å². The standard InChI is InChI=1S/C15H21NO4S/c1-11(12-7-4-3-5-8-12)16(2)21(19,20)14-10-6-9-13(14)15(17)18/h3-5,7-8,11,13-14H,6,9-10H2,1-2H3,(H,17,18). The van der Waals surface area contributed by atoms with Gasteiger partial charge in [-0.3, -0.25) is 4.79 Å². The van der Waals surface area contributed by atoms with Gasteiger partial charge in [0.25, 0.3) is 0 Å². The highest BCUT2D eigenvalue weighted by Crippen LogP contribution is 2.35. The molecule has 1 aliphatic rings. The number of carbonyl (C=O) groups is 1. The Kier molecular flexibility index (Phi) is 4.68. The summed E-state index contributed by atoms with van der Waals surface area (Å²) in [5.41, 5.74) is 0.897. The van der Waals surface area contributed by atoms with Crippen molar-refractivity contribution in [2.75, 3.05) is 7.05 Å². The summed E-state index contributed by atoms with van der Waals surface area (Å²) in [6.45, 7) is 1.82. The van der Waals surface area contributed by atoms with Crippen LogP contribution in [-0.4, -0.2) is 36.1 Å². The molecule has 5 nitrogen and oxygen atoms in total. The van der Waals surface area contributed by atoms with E-state index in [0.717, 1.165) is 5.56 Å². The second-order valence-corrected chi connectivity index (χ2v) is 7.77. The summed E-state index contributed by atoms with van der Waals surface area (Å²) in [5, 5.41) is 8.39. The minimum atomic E-state index is -3.63. The van der Waals surface area contributed by atoms with Gasteiger partial charge in [0.15, 0.2) is 0 Å². The van der Waals surface area contributed by atoms with Gasteiger partial charge >= 0.3 is 5.97 Å². The largest absolute Gasteiger partial charge is 0.481 e. The van der Waals surface area contributed by atoms with Gasteiger partial charge in [-0.05, 0) is 25.3 Å². The van der Waals surface area contributed by atoms with Crippen LogP contribution >= 0.6 is 0 Å². The molecule has 0 heterocycles. The zero-order chi connectivity index (χ0) is 15.6. The van der Waals surface area contributed by atoms with Gasteiger partial charge in [0.2, 0.25) is 10.0 Å². The summed E-state index contributed by atoms with van der Waals surface area (Å²) in [4.78, 5) is 11.2. The summed E-state index contributed by atoms with van der Waals surface area (Å²) >= 11 is 0. The van der Waals surface area contributed by atoms with Crippen molar-refractivity contribution in [3.63, 3.8) is 0 Å². The molecule has 6 heteroatoms. The fourth-order valence-corrected chi connectivity index (χ4v) is 5.06. The van der Waals surface area contributed by atoms with Crippen LogP contribution in [0.5, 0.6) is 0 Å². The molecule has 0 aromatic heterocycles. The van der Waals surface area contributed by atoms with Gasteiger partial charge in [0, 0.05) is 13.1 Å². The first kappa shape index (κ1) is 16.0. The van der Waals surface area contributed by atoms with Crippen molar-refractivity contribution in [1.29, 1.82) is 0 Å². The normalized spacial score (nSPS) is 24.1. The molecule has 0 saturated heterocycles. The summed E-state index contributed by atoms with van der Waals surface area (Å²) in [5.74, 6) is -1.80. The first-order chi connectivity index (χ1) is 9.85. The molecule has 0 amide bonds. The summed E-state index contributed by atoms with van der Waals surface area (Å²) in [6, 6.07) is 9.04. The van der Waals surface area contributed by atoms with E-state index in [0.29, 0.717) is 19.3 Å². The number of sulfonamides is 1. The van der Waals surface area contributed by atoms with Crippen molar-refractivity contribution in [3.8, 4) is 0 Å². The second-order valence-electron chi connectivity index (χ2n) is 5.56. The molecule has 0 aliphatic heterocycles. The van der Waals surface area contributed by atoms with Crippen LogP contribution in [0, 0.1) is 5.92 Å². The van der Waals surface area contributed by atoms with Crippen LogP contribution in [0.2, 0.25) is 0 Å². The maximum atomic E-state index is 12.7. The Bertz CT molecular complexity index is 599. The lowest BCUT2D eigenvalue weighted by molar-refractivity contribution is -0.141. The second kappa shape index (κ2) is 6.15. The molecule has 1 aromatic carbocycles. The molecule has 3 unspecified atom stereocenters. The predicted molar refractivity (Wildman–Crippen MR) is 80.3 cm³/mol. The number of rotatable bonds is 5. The Hall–Kier alpha value is -1.40. The van der Waals surface area contributed by atoms with Crippen molar-refractivity contribution in [2.45, 2.75) is 37.5 Å². The molecular formula is C15H21NO4S. The Morgan fingerprint density at radius 2 is 1.90 bits per heavy atom. The average Bonchev–Trinajstić information content (AvgIpc) is 2.97. The molecule has 0 spiro atoms. The smallest absolute Gasteiger partial charge is 0.307 e. The van der Waals surface area contributed by atoms with E-state index < -0.39 is 27.2 Å². The number of hydrogen-bond donors (Lipinski definition) is 1. The summed E-state index contributed by atoms with van der Waals surface area (Å²) < 4.78 is 26.8. The van der Waals surface area contributed by atoms with Crippen LogP contribution in [0.1, 0.15) is 37.8 Å². The summed E-state index contributed by atoms with van der Waals surface area (Å²) in [7, 11) is -2.10. The highest BCUT2D eigenvalue weighted by atomic mass is 32.2. The van der Waals surface area contributed by atoms with Crippen molar-refractivity contribution in [2.24, 2.45) is 5.92 Å². The lowest BCUT2D eigenvalue weighted by Gasteiger charge is -2.29. The van der Waals surface area contributed by atoms with E-state index in [1.807, 2.05) is 37.3 Å². The Morgan fingerprint density at radius 3 is 2.48 bits per heavy atom. The van der Waals surface area contributed by atoms with Crippen molar-refractivity contribution >= 4 is 16.0 Å². The third kappa shape index (κ3) is 3.11. The molecule has 1 saturated carbocycles. The Balaban J connectivity index is 2.25. The predicted octanol–water partition coefficient (Wildman–Crippen LogP) is 2.26. The number of carboxylic acid groups (broad SMARTS) is 1. The molecule has 1 fully saturated rings. The summed E-state index contributed by atoms with van der Waals surface area (Å²) in [6.07, 6.45) is 1.51. The third-order valence-electron chi connectivity index (χ3n) is 4.38. The third-order valence-corrected chi connectivity index (χ3v) is 6.83. The van der Waals surface area contributed by atoms with E-state index in [1.165, 1.54) is 11.4 Å². The minimum Gasteiger partial charge on any atom is -0.481 e. The SMILES string of the molecule is CC(c1ccccc1)N(C)S(=O)(=O)C1CCCC1C(=O)O. The molecule has 0 bridgehead atoms. The lowest BCUT2D eigenvalue weighted by atomic mass is 10.1. The molecule has 1 aromatic rings. The number of nitrogens with zero attached hydrogens (tertiary/aromatic N) is 1. The molecule has 1 N–H and O–H groups in total. The van der Waals surface area contributed by atoms with Crippen LogP contribution in [0.25, 0.3) is 0 Å². The first-order valence-corrected chi connectivity index (χ1v) is 8.60. The van der Waals surface area contributed by atoms with Gasteiger partial charge in [-0.15, -0.1) is 0 Å². The highest BCUT2D eigenvalue weighted by molar-refractivity contribution is 7.89. The zero-order valence-corrected chi connectivity index (χ0v) is 13.1. The number of aliphatic carboxylic acids is 1.